The lowest BCUT2D eigenvalue weighted by atomic mass is 10.0. The van der Waals surface area contributed by atoms with E-state index in [1.165, 1.54) is 263 Å². The van der Waals surface area contributed by atoms with E-state index in [0.717, 1.165) is 38.5 Å². The van der Waals surface area contributed by atoms with Crippen LogP contribution >= 0.6 is 7.82 Å². The third-order valence-corrected chi connectivity index (χ3v) is 15.6. The van der Waals surface area contributed by atoms with Crippen molar-refractivity contribution in [2.75, 3.05) is 40.9 Å². The van der Waals surface area contributed by atoms with Crippen LogP contribution in [0.1, 0.15) is 322 Å². The number of nitrogens with zero attached hydrogens (tertiary/aromatic N) is 1. The van der Waals surface area contributed by atoms with Crippen LogP contribution in [0.2, 0.25) is 0 Å². The van der Waals surface area contributed by atoms with Crippen LogP contribution in [0, 0.1) is 0 Å². The molecule has 0 aliphatic carbocycles. The minimum atomic E-state index is -4.60. The predicted molar refractivity (Wildman–Crippen MR) is 312 cm³/mol. The summed E-state index contributed by atoms with van der Waals surface area (Å²) in [6.07, 6.45) is 70.1. The maximum atomic E-state index is 13.0. The van der Waals surface area contributed by atoms with Crippen molar-refractivity contribution < 1.29 is 32.9 Å². The molecule has 0 heterocycles. The molecular weight excluding hydrogens is 912 g/mol. The van der Waals surface area contributed by atoms with Gasteiger partial charge in [-0.25, -0.2) is 0 Å². The predicted octanol–water partition coefficient (Wildman–Crippen LogP) is 18.9. The maximum absolute atomic E-state index is 13.0. The van der Waals surface area contributed by atoms with Crippen molar-refractivity contribution in [1.82, 2.24) is 5.32 Å². The molecule has 0 fully saturated rings. The molecule has 2 N–H and O–H groups in total. The Morgan fingerprint density at radius 1 is 0.472 bits per heavy atom. The number of carbonyl (C=O) groups is 1. The first-order valence-corrected chi connectivity index (χ1v) is 33.2. The van der Waals surface area contributed by atoms with E-state index < -0.39 is 20.0 Å². The molecule has 0 radical (unpaired) electrons. The monoisotopic (exact) mass is 1040 g/mol. The van der Waals surface area contributed by atoms with Crippen molar-refractivity contribution in [3.8, 4) is 0 Å². The minimum absolute atomic E-state index is 0.00376. The van der Waals surface area contributed by atoms with Crippen molar-refractivity contribution in [2.24, 2.45) is 0 Å². The molecule has 0 aromatic heterocycles. The second kappa shape index (κ2) is 54.8. The second-order valence-corrected chi connectivity index (χ2v) is 24.5. The van der Waals surface area contributed by atoms with E-state index in [-0.39, 0.29) is 19.1 Å². The first-order valence-electron chi connectivity index (χ1n) is 31.7. The van der Waals surface area contributed by atoms with Crippen LogP contribution in [0.25, 0.3) is 0 Å². The fourth-order valence-electron chi connectivity index (χ4n) is 9.70. The molecule has 0 bridgehead atoms. The molecule has 0 aromatic carbocycles. The van der Waals surface area contributed by atoms with Crippen LogP contribution in [0.15, 0.2) is 24.3 Å². The van der Waals surface area contributed by atoms with Gasteiger partial charge in [-0.15, -0.1) is 0 Å². The highest BCUT2D eigenvalue weighted by molar-refractivity contribution is 7.45. The number of aliphatic hydroxyl groups is 1. The van der Waals surface area contributed by atoms with Crippen LogP contribution < -0.4 is 10.2 Å². The van der Waals surface area contributed by atoms with E-state index in [1.807, 2.05) is 27.2 Å². The number of rotatable bonds is 59. The number of hydrogen-bond acceptors (Lipinski definition) is 6. The maximum Gasteiger partial charge on any atom is 0.268 e. The van der Waals surface area contributed by atoms with Gasteiger partial charge in [0.1, 0.15) is 13.2 Å². The van der Waals surface area contributed by atoms with Gasteiger partial charge in [-0.2, -0.15) is 0 Å². The fraction of sp³-hybridized carbons (Fsp3) is 0.921. The lowest BCUT2D eigenvalue weighted by Crippen LogP contribution is -2.45. The number of hydrogen-bond donors (Lipinski definition) is 2. The number of phosphoric acid groups is 1. The van der Waals surface area contributed by atoms with Crippen LogP contribution in [-0.2, 0) is 18.4 Å². The van der Waals surface area contributed by atoms with Gasteiger partial charge in [0.05, 0.1) is 39.9 Å². The van der Waals surface area contributed by atoms with Gasteiger partial charge >= 0.3 is 0 Å². The lowest BCUT2D eigenvalue weighted by Gasteiger charge is -2.29. The first-order chi connectivity index (χ1) is 35.0. The largest absolute Gasteiger partial charge is 0.756 e. The number of amides is 1. The summed E-state index contributed by atoms with van der Waals surface area (Å²) < 4.78 is 23.3. The van der Waals surface area contributed by atoms with Crippen LogP contribution in [0.5, 0.6) is 0 Å². The molecule has 0 spiro atoms. The highest BCUT2D eigenvalue weighted by Gasteiger charge is 2.23. The molecule has 0 saturated heterocycles. The standard InChI is InChI=1S/C63H125N2O6P/c1-6-8-10-12-14-16-18-20-22-24-25-26-27-28-29-30-31-32-33-34-35-36-37-38-39-40-41-43-45-47-49-51-53-55-57-63(67)64-61(60-71-72(68,69)70-59-58-65(3,4)5)62(66)56-54-52-50-48-46-44-42-23-21-19-17-15-13-11-9-7-2/h46,48,54,56,61-62,66H,6-45,47,49-53,55,57-60H2,1-5H3,(H-,64,67,68,69)/b48-46+,56-54+. The molecule has 8 nitrogen and oxygen atoms in total. The number of unbranched alkanes of at least 4 members (excludes halogenated alkanes) is 44. The minimum Gasteiger partial charge on any atom is -0.756 e. The Bertz CT molecular complexity index is 1220. The van der Waals surface area contributed by atoms with Gasteiger partial charge in [0.25, 0.3) is 7.82 Å². The molecule has 0 aliphatic heterocycles. The fourth-order valence-corrected chi connectivity index (χ4v) is 10.4. The Balaban J connectivity index is 3.98. The van der Waals surface area contributed by atoms with Crippen molar-refractivity contribution >= 4 is 13.7 Å². The van der Waals surface area contributed by atoms with Crippen molar-refractivity contribution in [3.05, 3.63) is 24.3 Å². The topological polar surface area (TPSA) is 108 Å². The van der Waals surface area contributed by atoms with Crippen LogP contribution in [0.4, 0.5) is 0 Å². The quantitative estimate of drug-likeness (QED) is 0.0272. The summed E-state index contributed by atoms with van der Waals surface area (Å²) in [7, 11) is 1.26. The third kappa shape index (κ3) is 56.7. The summed E-state index contributed by atoms with van der Waals surface area (Å²) in [5.74, 6) is -0.200. The molecule has 0 saturated carbocycles. The molecule has 0 aromatic rings. The smallest absolute Gasteiger partial charge is 0.268 e. The molecule has 428 valence electrons. The Morgan fingerprint density at radius 3 is 1.12 bits per heavy atom. The average Bonchev–Trinajstić information content (AvgIpc) is 3.34. The number of aliphatic hydroxyl groups excluding tert-OH is 1. The zero-order chi connectivity index (χ0) is 52.7. The molecule has 72 heavy (non-hydrogen) atoms. The van der Waals surface area contributed by atoms with Crippen molar-refractivity contribution in [1.29, 1.82) is 0 Å². The molecule has 0 rings (SSSR count). The number of phosphoric ester groups is 1. The molecule has 3 unspecified atom stereocenters. The van der Waals surface area contributed by atoms with Gasteiger partial charge in [0.2, 0.25) is 5.91 Å². The van der Waals surface area contributed by atoms with E-state index in [0.29, 0.717) is 17.4 Å². The summed E-state index contributed by atoms with van der Waals surface area (Å²) in [6.45, 7) is 4.67. The zero-order valence-electron chi connectivity index (χ0n) is 48.9. The number of likely N-dealkylation sites (N-methyl/N-ethyl adjacent to an activating group) is 1. The number of quaternary nitrogens is 1. The Labute approximate surface area is 449 Å². The van der Waals surface area contributed by atoms with Crippen LogP contribution in [-0.4, -0.2) is 68.5 Å². The molecule has 9 heteroatoms. The van der Waals surface area contributed by atoms with Gasteiger partial charge in [0.15, 0.2) is 0 Å². The van der Waals surface area contributed by atoms with E-state index in [4.69, 9.17) is 9.05 Å². The summed E-state index contributed by atoms with van der Waals surface area (Å²) in [6, 6.07) is -0.900. The van der Waals surface area contributed by atoms with Gasteiger partial charge in [-0.1, -0.05) is 308 Å². The molecule has 3 atom stereocenters. The number of nitrogens with one attached hydrogen (secondary N) is 1. The first kappa shape index (κ1) is 71.0. The van der Waals surface area contributed by atoms with Gasteiger partial charge in [-0.3, -0.25) is 9.36 Å². The summed E-state index contributed by atoms with van der Waals surface area (Å²) in [4.78, 5) is 25.5. The normalized spacial score (nSPS) is 13.9. The molecule has 1 amide bonds. The van der Waals surface area contributed by atoms with Gasteiger partial charge < -0.3 is 28.8 Å². The third-order valence-electron chi connectivity index (χ3n) is 14.7. The Morgan fingerprint density at radius 2 is 0.778 bits per heavy atom. The van der Waals surface area contributed by atoms with E-state index in [1.54, 1.807) is 6.08 Å². The Hall–Kier alpha value is -1.02. The van der Waals surface area contributed by atoms with E-state index >= 15 is 0 Å². The van der Waals surface area contributed by atoms with E-state index in [9.17, 15) is 19.4 Å². The SMILES string of the molecule is CCCCCCCCCCCC/C=C/CC/C=C/C(O)C(COP(=O)([O-])OCC[N+](C)(C)C)NC(=O)CCCCCCCCCCCCCCCCCCCCCCCCCCCCCCCCCCCC. The highest BCUT2D eigenvalue weighted by Crippen LogP contribution is 2.38. The Kier molecular flexibility index (Phi) is 54.0. The summed E-state index contributed by atoms with van der Waals surface area (Å²) in [5.41, 5.74) is 0. The lowest BCUT2D eigenvalue weighted by molar-refractivity contribution is -0.870. The van der Waals surface area contributed by atoms with Crippen LogP contribution in [0.3, 0.4) is 0 Å². The second-order valence-electron chi connectivity index (χ2n) is 23.1. The van der Waals surface area contributed by atoms with Crippen molar-refractivity contribution in [3.63, 3.8) is 0 Å². The number of allylic oxidation sites excluding steroid dienone is 3. The summed E-state index contributed by atoms with van der Waals surface area (Å²) in [5, 5.41) is 13.9. The molecular formula is C63H125N2O6P. The van der Waals surface area contributed by atoms with Crippen molar-refractivity contribution in [2.45, 2.75) is 334 Å². The molecule has 0 aliphatic rings. The highest BCUT2D eigenvalue weighted by atomic mass is 31.2. The van der Waals surface area contributed by atoms with Gasteiger partial charge in [0, 0.05) is 6.42 Å². The van der Waals surface area contributed by atoms with Gasteiger partial charge in [-0.05, 0) is 32.1 Å². The average molecular weight is 1040 g/mol. The van der Waals surface area contributed by atoms with E-state index in [2.05, 4.69) is 31.3 Å². The zero-order valence-corrected chi connectivity index (χ0v) is 49.8. The number of carbonyl (C=O) groups excluding carboxylic acids is 1. The summed E-state index contributed by atoms with van der Waals surface area (Å²) >= 11 is 0.